The van der Waals surface area contributed by atoms with Gasteiger partial charge >= 0.3 is 0 Å². The van der Waals surface area contributed by atoms with E-state index < -0.39 is 0 Å². The number of imidazole rings is 1. The summed E-state index contributed by atoms with van der Waals surface area (Å²) in [6, 6.07) is 9.21. The Bertz CT molecular complexity index is 1000. The summed E-state index contributed by atoms with van der Waals surface area (Å²) >= 11 is 0. The Morgan fingerprint density at radius 2 is 1.96 bits per heavy atom. The summed E-state index contributed by atoms with van der Waals surface area (Å²) in [4.78, 5) is 24.6. The van der Waals surface area contributed by atoms with E-state index in [2.05, 4.69) is 25.4 Å². The van der Waals surface area contributed by atoms with Crippen molar-refractivity contribution in [1.82, 2.24) is 29.1 Å². The summed E-state index contributed by atoms with van der Waals surface area (Å²) in [5, 5.41) is 6.97. The van der Waals surface area contributed by atoms with Crippen LogP contribution >= 0.6 is 0 Å². The van der Waals surface area contributed by atoms with E-state index >= 15 is 0 Å². The van der Waals surface area contributed by atoms with Crippen molar-refractivity contribution in [3.63, 3.8) is 0 Å². The van der Waals surface area contributed by atoms with Crippen molar-refractivity contribution in [3.05, 3.63) is 66.8 Å². The summed E-state index contributed by atoms with van der Waals surface area (Å²) in [7, 11) is 0. The summed E-state index contributed by atoms with van der Waals surface area (Å²) in [5.74, 6) is 0.0985. The molecule has 8 nitrogen and oxygen atoms in total. The van der Waals surface area contributed by atoms with Gasteiger partial charge in [-0.3, -0.25) is 4.79 Å². The number of hydrogen-bond acceptors (Lipinski definition) is 5. The van der Waals surface area contributed by atoms with Gasteiger partial charge in [-0.25, -0.2) is 14.5 Å². The number of carbonyl (C=O) groups excluding carboxylic acids is 1. The van der Waals surface area contributed by atoms with Crippen molar-refractivity contribution in [2.24, 2.45) is 0 Å². The SMILES string of the molecule is Cc1ccnc2nc(C(=O)Nc3ccc(-n4ccnc4)cc3)nn12. The van der Waals surface area contributed by atoms with Crippen LogP contribution < -0.4 is 5.32 Å². The van der Waals surface area contributed by atoms with Crippen LogP contribution in [0.2, 0.25) is 0 Å². The maximum absolute atomic E-state index is 12.3. The number of anilines is 1. The van der Waals surface area contributed by atoms with Crippen LogP contribution in [0, 0.1) is 6.92 Å². The molecule has 1 N–H and O–H groups in total. The number of carbonyl (C=O) groups is 1. The van der Waals surface area contributed by atoms with Gasteiger partial charge in [0.25, 0.3) is 11.7 Å². The van der Waals surface area contributed by atoms with E-state index in [4.69, 9.17) is 0 Å². The lowest BCUT2D eigenvalue weighted by Gasteiger charge is -2.05. The lowest BCUT2D eigenvalue weighted by Crippen LogP contribution is -2.14. The highest BCUT2D eigenvalue weighted by atomic mass is 16.2. The molecule has 3 heterocycles. The average Bonchev–Trinajstić information content (AvgIpc) is 3.26. The molecule has 0 fully saturated rings. The molecule has 3 aromatic heterocycles. The van der Waals surface area contributed by atoms with Gasteiger partial charge < -0.3 is 9.88 Å². The van der Waals surface area contributed by atoms with E-state index in [-0.39, 0.29) is 11.7 Å². The number of hydrogen-bond donors (Lipinski definition) is 1. The number of aryl methyl sites for hydroxylation is 1. The lowest BCUT2D eigenvalue weighted by molar-refractivity contribution is 0.101. The highest BCUT2D eigenvalue weighted by molar-refractivity contribution is 6.01. The van der Waals surface area contributed by atoms with Crippen LogP contribution in [0.15, 0.2) is 55.2 Å². The first-order valence-electron chi connectivity index (χ1n) is 7.29. The third kappa shape index (κ3) is 2.50. The predicted molar refractivity (Wildman–Crippen MR) is 87.0 cm³/mol. The van der Waals surface area contributed by atoms with Gasteiger partial charge in [0, 0.05) is 35.7 Å². The number of fused-ring (bicyclic) bond motifs is 1. The summed E-state index contributed by atoms with van der Waals surface area (Å²) in [6.07, 6.45) is 6.91. The Labute approximate surface area is 136 Å². The quantitative estimate of drug-likeness (QED) is 0.622. The van der Waals surface area contributed by atoms with E-state index in [0.717, 1.165) is 11.4 Å². The fourth-order valence-electron chi connectivity index (χ4n) is 2.32. The Balaban J connectivity index is 1.55. The van der Waals surface area contributed by atoms with Gasteiger partial charge in [-0.1, -0.05) is 0 Å². The van der Waals surface area contributed by atoms with E-state index in [9.17, 15) is 4.79 Å². The molecule has 8 heteroatoms. The zero-order chi connectivity index (χ0) is 16.5. The minimum absolute atomic E-state index is 0.0792. The molecule has 0 bridgehead atoms. The number of aromatic nitrogens is 6. The van der Waals surface area contributed by atoms with Crippen LogP contribution in [0.3, 0.4) is 0 Å². The van der Waals surface area contributed by atoms with Crippen LogP contribution in [-0.4, -0.2) is 35.0 Å². The third-order valence-corrected chi connectivity index (χ3v) is 3.56. The van der Waals surface area contributed by atoms with Crippen LogP contribution in [0.25, 0.3) is 11.5 Å². The second-order valence-electron chi connectivity index (χ2n) is 5.20. The average molecular weight is 319 g/mol. The van der Waals surface area contributed by atoms with E-state index in [1.165, 1.54) is 4.52 Å². The van der Waals surface area contributed by atoms with Crippen molar-refractivity contribution in [2.45, 2.75) is 6.92 Å². The first-order valence-corrected chi connectivity index (χ1v) is 7.29. The predicted octanol–water partition coefficient (Wildman–Crippen LogP) is 1.87. The van der Waals surface area contributed by atoms with Crippen LogP contribution in [0.1, 0.15) is 16.3 Å². The molecule has 0 unspecified atom stereocenters. The van der Waals surface area contributed by atoms with Crippen LogP contribution in [0.4, 0.5) is 5.69 Å². The number of nitrogens with zero attached hydrogens (tertiary/aromatic N) is 6. The fraction of sp³-hybridized carbons (Fsp3) is 0.0625. The van der Waals surface area contributed by atoms with Gasteiger partial charge in [-0.05, 0) is 37.3 Å². The van der Waals surface area contributed by atoms with Gasteiger partial charge in [0.15, 0.2) is 0 Å². The molecule has 0 radical (unpaired) electrons. The number of amides is 1. The van der Waals surface area contributed by atoms with E-state index in [1.54, 1.807) is 24.8 Å². The Kier molecular flexibility index (Phi) is 3.27. The summed E-state index contributed by atoms with van der Waals surface area (Å²) in [6.45, 7) is 1.87. The first kappa shape index (κ1) is 14.1. The zero-order valence-electron chi connectivity index (χ0n) is 12.8. The molecule has 0 saturated carbocycles. The zero-order valence-corrected chi connectivity index (χ0v) is 12.8. The maximum Gasteiger partial charge on any atom is 0.295 e. The Hall–Kier alpha value is -3.55. The van der Waals surface area contributed by atoms with Crippen LogP contribution in [0.5, 0.6) is 0 Å². The minimum atomic E-state index is -0.379. The van der Waals surface area contributed by atoms with Crippen molar-refractivity contribution in [2.75, 3.05) is 5.32 Å². The molecule has 0 aliphatic heterocycles. The second kappa shape index (κ2) is 5.58. The number of benzene rings is 1. The first-order chi connectivity index (χ1) is 11.7. The minimum Gasteiger partial charge on any atom is -0.319 e. The third-order valence-electron chi connectivity index (χ3n) is 3.56. The highest BCUT2D eigenvalue weighted by Crippen LogP contribution is 2.14. The topological polar surface area (TPSA) is 90.0 Å². The molecule has 0 saturated heterocycles. The molecule has 1 amide bonds. The molecule has 4 rings (SSSR count). The highest BCUT2D eigenvalue weighted by Gasteiger charge is 2.14. The lowest BCUT2D eigenvalue weighted by atomic mass is 10.2. The molecule has 118 valence electrons. The monoisotopic (exact) mass is 319 g/mol. The normalized spacial score (nSPS) is 10.9. The largest absolute Gasteiger partial charge is 0.319 e. The van der Waals surface area contributed by atoms with Gasteiger partial charge in [0.2, 0.25) is 5.82 Å². The van der Waals surface area contributed by atoms with Gasteiger partial charge in [-0.15, -0.1) is 5.10 Å². The molecule has 0 spiro atoms. The van der Waals surface area contributed by atoms with Crippen molar-refractivity contribution < 1.29 is 4.79 Å². The van der Waals surface area contributed by atoms with E-state index in [1.807, 2.05) is 42.0 Å². The van der Waals surface area contributed by atoms with Crippen LogP contribution in [-0.2, 0) is 0 Å². The smallest absolute Gasteiger partial charge is 0.295 e. The second-order valence-corrected chi connectivity index (χ2v) is 5.20. The standard InChI is InChI=1S/C16H13N7O/c1-11-6-7-18-16-20-14(21-23(11)16)15(24)19-12-2-4-13(5-3-12)22-9-8-17-10-22/h2-10H,1H3,(H,19,24). The molecule has 24 heavy (non-hydrogen) atoms. The summed E-state index contributed by atoms with van der Waals surface area (Å²) < 4.78 is 3.42. The Morgan fingerprint density at radius 3 is 2.67 bits per heavy atom. The molecule has 4 aromatic rings. The van der Waals surface area contributed by atoms with Crippen molar-refractivity contribution >= 4 is 17.4 Å². The van der Waals surface area contributed by atoms with Gasteiger partial charge in [-0.2, -0.15) is 4.98 Å². The molecule has 0 aliphatic carbocycles. The van der Waals surface area contributed by atoms with Crippen molar-refractivity contribution in [3.8, 4) is 5.69 Å². The molecule has 0 aliphatic rings. The molecular formula is C16H13N7O. The molecule has 1 aromatic carbocycles. The molecule has 0 atom stereocenters. The van der Waals surface area contributed by atoms with Gasteiger partial charge in [0.05, 0.1) is 6.33 Å². The van der Waals surface area contributed by atoms with Crippen molar-refractivity contribution in [1.29, 1.82) is 0 Å². The molecular weight excluding hydrogens is 306 g/mol. The number of nitrogens with one attached hydrogen (secondary N) is 1. The van der Waals surface area contributed by atoms with Gasteiger partial charge in [0.1, 0.15) is 0 Å². The van der Waals surface area contributed by atoms with E-state index in [0.29, 0.717) is 11.5 Å². The Morgan fingerprint density at radius 1 is 1.12 bits per heavy atom. The fourth-order valence-corrected chi connectivity index (χ4v) is 2.32. The number of rotatable bonds is 3. The summed E-state index contributed by atoms with van der Waals surface area (Å²) in [5.41, 5.74) is 2.47. The maximum atomic E-state index is 12.3.